The second-order valence-electron chi connectivity index (χ2n) is 3.46. The highest BCUT2D eigenvalue weighted by Crippen LogP contribution is 2.46. The molecule has 3 atom stereocenters. The van der Waals surface area contributed by atoms with Crippen LogP contribution in [-0.2, 0) is 9.47 Å². The Bertz CT molecular complexity index is 162. The summed E-state index contributed by atoms with van der Waals surface area (Å²) in [5, 5.41) is 0. The Labute approximate surface area is 71.8 Å². The lowest BCUT2D eigenvalue weighted by Crippen LogP contribution is -2.47. The third kappa shape index (κ3) is 1.08. The molecular weight excluding hydrogens is 164 g/mol. The number of alkyl halides is 1. The summed E-state index contributed by atoms with van der Waals surface area (Å²) >= 11 is 5.66. The molecule has 1 aliphatic carbocycles. The molecule has 11 heavy (non-hydrogen) atoms. The molecule has 0 aromatic rings. The minimum atomic E-state index is -0.237. The number of hydrogen-bond donors (Lipinski definition) is 0. The first-order valence-electron chi connectivity index (χ1n) is 4.14. The highest BCUT2D eigenvalue weighted by molar-refractivity contribution is 6.18. The second-order valence-corrected chi connectivity index (χ2v) is 3.77. The monoisotopic (exact) mass is 176 g/mol. The molecule has 3 heteroatoms. The lowest BCUT2D eigenvalue weighted by molar-refractivity contribution is -0.250. The molecule has 3 unspecified atom stereocenters. The largest absolute Gasteiger partial charge is 0.347 e. The lowest BCUT2D eigenvalue weighted by Gasteiger charge is -2.42. The molecule has 0 bridgehead atoms. The summed E-state index contributed by atoms with van der Waals surface area (Å²) < 4.78 is 11.3. The molecule has 1 saturated heterocycles. The predicted octanol–water partition coefficient (Wildman–Crippen LogP) is 1.77. The summed E-state index contributed by atoms with van der Waals surface area (Å²) in [7, 11) is 0. The van der Waals surface area contributed by atoms with E-state index in [1.807, 2.05) is 0 Å². The topological polar surface area (TPSA) is 18.5 Å². The molecule has 2 nitrogen and oxygen atoms in total. The summed E-state index contributed by atoms with van der Waals surface area (Å²) in [6.07, 6.45) is 2.38. The molecule has 0 N–H and O–H groups in total. The van der Waals surface area contributed by atoms with Crippen molar-refractivity contribution in [1.82, 2.24) is 0 Å². The van der Waals surface area contributed by atoms with Crippen LogP contribution in [0.5, 0.6) is 0 Å². The van der Waals surface area contributed by atoms with Crippen LogP contribution in [0.2, 0.25) is 0 Å². The quantitative estimate of drug-likeness (QED) is 0.567. The first-order chi connectivity index (χ1) is 5.27. The molecule has 0 aromatic heterocycles. The molecule has 1 saturated carbocycles. The Balaban J connectivity index is 1.97. The van der Waals surface area contributed by atoms with Crippen LogP contribution in [0.15, 0.2) is 0 Å². The van der Waals surface area contributed by atoms with Gasteiger partial charge in [-0.3, -0.25) is 0 Å². The molecular formula is C8H13ClO2. The fraction of sp³-hybridized carbons (Fsp3) is 1.00. The van der Waals surface area contributed by atoms with E-state index >= 15 is 0 Å². The summed E-state index contributed by atoms with van der Waals surface area (Å²) in [6, 6.07) is 0. The number of rotatable bonds is 1. The van der Waals surface area contributed by atoms with Gasteiger partial charge in [0.25, 0.3) is 0 Å². The van der Waals surface area contributed by atoms with Gasteiger partial charge in [0.1, 0.15) is 0 Å². The van der Waals surface area contributed by atoms with Crippen molar-refractivity contribution in [2.75, 3.05) is 12.5 Å². The third-order valence-electron chi connectivity index (χ3n) is 2.73. The Morgan fingerprint density at radius 3 is 2.73 bits per heavy atom. The van der Waals surface area contributed by atoms with E-state index in [0.29, 0.717) is 18.4 Å². The molecule has 64 valence electrons. The van der Waals surface area contributed by atoms with Crippen molar-refractivity contribution >= 4 is 11.6 Å². The van der Waals surface area contributed by atoms with Crippen LogP contribution < -0.4 is 0 Å². The van der Waals surface area contributed by atoms with Gasteiger partial charge in [-0.15, -0.1) is 11.6 Å². The predicted molar refractivity (Wildman–Crippen MR) is 42.7 cm³/mol. The number of halogens is 1. The molecule has 0 radical (unpaired) electrons. The minimum absolute atomic E-state index is 0.124. The Morgan fingerprint density at radius 1 is 1.64 bits per heavy atom. The fourth-order valence-corrected chi connectivity index (χ4v) is 1.87. The molecule has 2 aliphatic rings. The average molecular weight is 177 g/mol. The summed E-state index contributed by atoms with van der Waals surface area (Å²) in [6.45, 7) is 2.84. The molecule has 1 spiro atoms. The molecule has 2 fully saturated rings. The van der Waals surface area contributed by atoms with Crippen molar-refractivity contribution in [3.05, 3.63) is 0 Å². The molecule has 0 amide bonds. The van der Waals surface area contributed by atoms with Gasteiger partial charge in [-0.25, -0.2) is 0 Å². The van der Waals surface area contributed by atoms with E-state index in [-0.39, 0.29) is 11.9 Å². The van der Waals surface area contributed by atoms with E-state index in [9.17, 15) is 0 Å². The smallest absolute Gasteiger partial charge is 0.171 e. The van der Waals surface area contributed by atoms with E-state index in [4.69, 9.17) is 21.1 Å². The zero-order valence-corrected chi connectivity index (χ0v) is 7.43. The van der Waals surface area contributed by atoms with Crippen molar-refractivity contribution in [1.29, 1.82) is 0 Å². The van der Waals surface area contributed by atoms with E-state index < -0.39 is 0 Å². The maximum absolute atomic E-state index is 5.69. The van der Waals surface area contributed by atoms with Gasteiger partial charge >= 0.3 is 0 Å². The lowest BCUT2D eigenvalue weighted by atomic mass is 9.79. The first-order valence-corrected chi connectivity index (χ1v) is 4.68. The molecule has 1 heterocycles. The van der Waals surface area contributed by atoms with E-state index in [2.05, 4.69) is 6.92 Å². The van der Waals surface area contributed by atoms with Gasteiger partial charge in [-0.2, -0.15) is 0 Å². The van der Waals surface area contributed by atoms with Crippen LogP contribution in [0.1, 0.15) is 19.8 Å². The van der Waals surface area contributed by atoms with Gasteiger partial charge in [0.05, 0.1) is 18.6 Å². The number of hydrogen-bond acceptors (Lipinski definition) is 2. The van der Waals surface area contributed by atoms with Crippen molar-refractivity contribution in [3.8, 4) is 0 Å². The van der Waals surface area contributed by atoms with Crippen LogP contribution in [0.3, 0.4) is 0 Å². The van der Waals surface area contributed by atoms with Crippen LogP contribution in [0.4, 0.5) is 0 Å². The normalized spacial score (nSPS) is 49.6. The maximum atomic E-state index is 5.69. The van der Waals surface area contributed by atoms with Gasteiger partial charge in [-0.05, 0) is 6.42 Å². The van der Waals surface area contributed by atoms with Crippen LogP contribution in [0.25, 0.3) is 0 Å². The fourth-order valence-electron chi connectivity index (χ4n) is 1.72. The molecule has 1 aliphatic heterocycles. The summed E-state index contributed by atoms with van der Waals surface area (Å²) in [4.78, 5) is 0. The Morgan fingerprint density at radius 2 is 2.45 bits per heavy atom. The molecule has 2 rings (SSSR count). The van der Waals surface area contributed by atoms with Crippen molar-refractivity contribution in [3.63, 3.8) is 0 Å². The van der Waals surface area contributed by atoms with Crippen LogP contribution in [-0.4, -0.2) is 24.4 Å². The zero-order valence-electron chi connectivity index (χ0n) is 6.68. The van der Waals surface area contributed by atoms with Gasteiger partial charge in [0.15, 0.2) is 5.79 Å². The molecule has 0 aromatic carbocycles. The zero-order chi connectivity index (χ0) is 7.90. The van der Waals surface area contributed by atoms with Gasteiger partial charge in [-0.1, -0.05) is 6.92 Å². The SMILES string of the molecule is CC1CCC12OCC(CCl)O2. The van der Waals surface area contributed by atoms with Crippen molar-refractivity contribution < 1.29 is 9.47 Å². The standard InChI is InChI=1S/C8H13ClO2/c1-6-2-3-8(6)10-5-7(4-9)11-8/h6-7H,2-5H2,1H3. The van der Waals surface area contributed by atoms with E-state index in [1.54, 1.807) is 0 Å². The van der Waals surface area contributed by atoms with Gasteiger partial charge < -0.3 is 9.47 Å². The van der Waals surface area contributed by atoms with Crippen molar-refractivity contribution in [2.45, 2.75) is 31.7 Å². The summed E-state index contributed by atoms with van der Waals surface area (Å²) in [5.41, 5.74) is 0. The maximum Gasteiger partial charge on any atom is 0.171 e. The Kier molecular flexibility index (Phi) is 1.86. The first kappa shape index (κ1) is 7.84. The third-order valence-corrected chi connectivity index (χ3v) is 3.07. The van der Waals surface area contributed by atoms with Gasteiger partial charge in [0.2, 0.25) is 0 Å². The Hall–Kier alpha value is 0.210. The van der Waals surface area contributed by atoms with Gasteiger partial charge in [0, 0.05) is 12.3 Å². The second kappa shape index (κ2) is 2.61. The highest BCUT2D eigenvalue weighted by Gasteiger charge is 2.51. The van der Waals surface area contributed by atoms with Crippen LogP contribution >= 0.6 is 11.6 Å². The van der Waals surface area contributed by atoms with E-state index in [1.165, 1.54) is 6.42 Å². The van der Waals surface area contributed by atoms with E-state index in [0.717, 1.165) is 6.42 Å². The average Bonchev–Trinajstić information content (AvgIpc) is 2.47. The van der Waals surface area contributed by atoms with Crippen LogP contribution in [0, 0.1) is 5.92 Å². The number of ether oxygens (including phenoxy) is 2. The highest BCUT2D eigenvalue weighted by atomic mass is 35.5. The minimum Gasteiger partial charge on any atom is -0.347 e. The summed E-state index contributed by atoms with van der Waals surface area (Å²) in [5.74, 6) is 0.865. The van der Waals surface area contributed by atoms with Crippen molar-refractivity contribution in [2.24, 2.45) is 5.92 Å².